The number of benzene rings is 2. The lowest BCUT2D eigenvalue weighted by Gasteiger charge is -2.39. The number of aliphatic hydroxyl groups is 4. The molecule has 1 fully saturated rings. The van der Waals surface area contributed by atoms with Gasteiger partial charge in [-0.25, -0.2) is 0 Å². The van der Waals surface area contributed by atoms with Gasteiger partial charge in [0.2, 0.25) is 11.7 Å². The molecule has 0 unspecified atom stereocenters. The van der Waals surface area contributed by atoms with Gasteiger partial charge in [0.25, 0.3) is 0 Å². The van der Waals surface area contributed by atoms with E-state index in [1.165, 1.54) is 38.5 Å². The van der Waals surface area contributed by atoms with Gasteiger partial charge < -0.3 is 48.9 Å². The Hall–Kier alpha value is -3.09. The molecular weight excluding hydrogens is 428 g/mol. The van der Waals surface area contributed by atoms with Crippen LogP contribution in [0.1, 0.15) is 0 Å². The number of hydrogen-bond donors (Lipinski definition) is 5. The highest BCUT2D eigenvalue weighted by Gasteiger charge is 2.44. The molecule has 0 amide bonds. The summed E-state index contributed by atoms with van der Waals surface area (Å²) in [6.07, 6.45) is -7.32. The fraction of sp³-hybridized carbons (Fsp3) is 0.381. The number of fused-ring (bicyclic) bond motifs is 2. The molecule has 1 aliphatic rings. The molecule has 3 aromatic rings. The summed E-state index contributed by atoms with van der Waals surface area (Å²) in [5.74, 6) is -0.174. The molecule has 1 saturated heterocycles. The fourth-order valence-corrected chi connectivity index (χ4v) is 3.67. The molecule has 0 aliphatic carbocycles. The van der Waals surface area contributed by atoms with Crippen molar-refractivity contribution in [3.05, 3.63) is 34.5 Å². The lowest BCUT2D eigenvalue weighted by Crippen LogP contribution is -2.60. The van der Waals surface area contributed by atoms with Crippen molar-refractivity contribution < 1.29 is 48.9 Å². The maximum atomic E-state index is 13.2. The van der Waals surface area contributed by atoms with E-state index in [0.29, 0.717) is 0 Å². The van der Waals surface area contributed by atoms with E-state index in [-0.39, 0.29) is 44.9 Å². The standard InChI is InChI=1S/C21H22O11/c1-28-12-6-10(23)19(29-2)14-15(24)9-5-8(3-4-11(9)31-20(12)14)30-21-18(27)17(26)16(25)13(7-22)32-21/h3-6,13,16-18,21-23,25-27H,7H2,1-2H3/t13-,16-,17+,18-,21-/m1/s1. The van der Waals surface area contributed by atoms with Gasteiger partial charge in [-0.05, 0) is 18.2 Å². The molecule has 0 radical (unpaired) electrons. The van der Waals surface area contributed by atoms with Crippen LogP contribution in [-0.2, 0) is 4.74 Å². The first-order valence-corrected chi connectivity index (χ1v) is 9.62. The molecule has 172 valence electrons. The number of ether oxygens (including phenoxy) is 4. The number of phenols is 1. The van der Waals surface area contributed by atoms with Crippen LogP contribution in [-0.4, -0.2) is 77.1 Å². The van der Waals surface area contributed by atoms with E-state index in [9.17, 15) is 30.3 Å². The molecule has 4 rings (SSSR count). The van der Waals surface area contributed by atoms with Crippen molar-refractivity contribution in [1.82, 2.24) is 0 Å². The second-order valence-electron chi connectivity index (χ2n) is 7.24. The lowest BCUT2D eigenvalue weighted by atomic mass is 9.99. The van der Waals surface area contributed by atoms with Gasteiger partial charge in [0.1, 0.15) is 41.1 Å². The van der Waals surface area contributed by atoms with Crippen LogP contribution in [0.4, 0.5) is 0 Å². The average Bonchev–Trinajstić information content (AvgIpc) is 2.79. The topological polar surface area (TPSA) is 168 Å². The average molecular weight is 450 g/mol. The Labute approximate surface area is 180 Å². The lowest BCUT2D eigenvalue weighted by molar-refractivity contribution is -0.277. The quantitative estimate of drug-likeness (QED) is 0.328. The maximum Gasteiger partial charge on any atom is 0.229 e. The molecule has 1 aliphatic heterocycles. The smallest absolute Gasteiger partial charge is 0.229 e. The van der Waals surface area contributed by atoms with Gasteiger partial charge in [0.05, 0.1) is 26.2 Å². The third-order valence-corrected chi connectivity index (χ3v) is 5.34. The van der Waals surface area contributed by atoms with Crippen LogP contribution in [0.3, 0.4) is 0 Å². The third-order valence-electron chi connectivity index (χ3n) is 5.34. The molecule has 11 heteroatoms. The molecule has 2 aromatic carbocycles. The van der Waals surface area contributed by atoms with Gasteiger partial charge in [0, 0.05) is 6.07 Å². The Morgan fingerprint density at radius 2 is 1.78 bits per heavy atom. The van der Waals surface area contributed by atoms with Crippen molar-refractivity contribution in [3.8, 4) is 23.0 Å². The van der Waals surface area contributed by atoms with Crippen LogP contribution >= 0.6 is 0 Å². The number of hydrogen-bond acceptors (Lipinski definition) is 11. The predicted molar refractivity (Wildman–Crippen MR) is 109 cm³/mol. The van der Waals surface area contributed by atoms with Crippen molar-refractivity contribution in [1.29, 1.82) is 0 Å². The van der Waals surface area contributed by atoms with Crippen molar-refractivity contribution in [2.75, 3.05) is 20.8 Å². The molecule has 0 spiro atoms. The molecular formula is C21H22O11. The van der Waals surface area contributed by atoms with E-state index in [4.69, 9.17) is 23.4 Å². The van der Waals surface area contributed by atoms with Gasteiger partial charge in [-0.3, -0.25) is 4.79 Å². The minimum absolute atomic E-state index is 0.0400. The predicted octanol–water partition coefficient (Wildman–Crippen LogP) is -0.152. The van der Waals surface area contributed by atoms with Gasteiger partial charge in [0.15, 0.2) is 22.8 Å². The Balaban J connectivity index is 1.80. The van der Waals surface area contributed by atoms with Crippen LogP contribution in [0.2, 0.25) is 0 Å². The molecule has 11 nitrogen and oxygen atoms in total. The normalized spacial score (nSPS) is 25.8. The minimum atomic E-state index is -1.61. The summed E-state index contributed by atoms with van der Waals surface area (Å²) in [6.45, 7) is -0.608. The van der Waals surface area contributed by atoms with Crippen molar-refractivity contribution in [3.63, 3.8) is 0 Å². The van der Waals surface area contributed by atoms with E-state index in [1.54, 1.807) is 0 Å². The molecule has 5 atom stereocenters. The second kappa shape index (κ2) is 8.45. The molecule has 0 bridgehead atoms. The summed E-state index contributed by atoms with van der Waals surface area (Å²) >= 11 is 0. The Morgan fingerprint density at radius 3 is 2.44 bits per heavy atom. The Kier molecular flexibility index (Phi) is 5.84. The summed E-state index contributed by atoms with van der Waals surface area (Å²) < 4.78 is 27.1. The highest BCUT2D eigenvalue weighted by molar-refractivity contribution is 5.98. The largest absolute Gasteiger partial charge is 0.504 e. The zero-order valence-corrected chi connectivity index (χ0v) is 17.1. The Morgan fingerprint density at radius 1 is 1.03 bits per heavy atom. The number of rotatable bonds is 5. The van der Waals surface area contributed by atoms with E-state index in [2.05, 4.69) is 0 Å². The van der Waals surface area contributed by atoms with Crippen molar-refractivity contribution in [2.24, 2.45) is 0 Å². The zero-order chi connectivity index (χ0) is 23.2. The number of phenolic OH excluding ortho intramolecular Hbond substituents is 1. The summed E-state index contributed by atoms with van der Waals surface area (Å²) in [5.41, 5.74) is -0.261. The molecule has 5 N–H and O–H groups in total. The number of aliphatic hydroxyl groups excluding tert-OH is 4. The summed E-state index contributed by atoms with van der Waals surface area (Å²) in [4.78, 5) is 13.2. The summed E-state index contributed by atoms with van der Waals surface area (Å²) in [7, 11) is 2.66. The van der Waals surface area contributed by atoms with Crippen LogP contribution in [0.15, 0.2) is 33.5 Å². The maximum absolute atomic E-state index is 13.2. The molecule has 0 saturated carbocycles. The van der Waals surface area contributed by atoms with E-state index >= 15 is 0 Å². The third kappa shape index (κ3) is 3.49. The van der Waals surface area contributed by atoms with Gasteiger partial charge >= 0.3 is 0 Å². The SMILES string of the molecule is COc1cc(O)c(OC)c2c(=O)c3cc(O[C@@H]4O[C@H](CO)[C@@H](O)[C@H](O)[C@H]4O)ccc3oc12. The Bertz CT molecular complexity index is 1200. The van der Waals surface area contributed by atoms with Gasteiger partial charge in [-0.15, -0.1) is 0 Å². The van der Waals surface area contributed by atoms with Gasteiger partial charge in [-0.1, -0.05) is 0 Å². The number of aromatic hydroxyl groups is 1. The monoisotopic (exact) mass is 450 g/mol. The highest BCUT2D eigenvalue weighted by atomic mass is 16.7. The zero-order valence-electron chi connectivity index (χ0n) is 17.1. The van der Waals surface area contributed by atoms with E-state index in [0.717, 1.165) is 0 Å². The van der Waals surface area contributed by atoms with Crippen LogP contribution < -0.4 is 19.6 Å². The minimum Gasteiger partial charge on any atom is -0.504 e. The van der Waals surface area contributed by atoms with E-state index in [1.807, 2.05) is 0 Å². The molecule has 1 aromatic heterocycles. The van der Waals surface area contributed by atoms with E-state index < -0.39 is 42.7 Å². The highest BCUT2D eigenvalue weighted by Crippen LogP contribution is 2.40. The van der Waals surface area contributed by atoms with Crippen LogP contribution in [0, 0.1) is 0 Å². The van der Waals surface area contributed by atoms with Crippen LogP contribution in [0.25, 0.3) is 21.9 Å². The van der Waals surface area contributed by atoms with Gasteiger partial charge in [-0.2, -0.15) is 0 Å². The summed E-state index contributed by atoms with van der Waals surface area (Å²) in [6, 6.07) is 5.50. The first-order valence-electron chi connectivity index (χ1n) is 9.62. The fourth-order valence-electron chi connectivity index (χ4n) is 3.67. The number of methoxy groups -OCH3 is 2. The first kappa shape index (κ1) is 22.1. The van der Waals surface area contributed by atoms with Crippen LogP contribution in [0.5, 0.6) is 23.0 Å². The first-order chi connectivity index (χ1) is 15.3. The second-order valence-corrected chi connectivity index (χ2v) is 7.24. The molecule has 32 heavy (non-hydrogen) atoms. The van der Waals surface area contributed by atoms with Crippen molar-refractivity contribution >= 4 is 21.9 Å². The molecule has 2 heterocycles. The summed E-state index contributed by atoms with van der Waals surface area (Å²) in [5, 5.41) is 49.5. The van der Waals surface area contributed by atoms with Crippen molar-refractivity contribution in [2.45, 2.75) is 30.7 Å².